The SMILES string of the molecule is Cc1ccc(S(=O)(=O)N(CC(=O)Nc2cc(S(=O)(=O)N(C)C)ccc2C)Cc2ccc(F)cc2)cc1. The monoisotopic (exact) mass is 533 g/mol. The van der Waals surface area contributed by atoms with Crippen molar-refractivity contribution in [3.63, 3.8) is 0 Å². The van der Waals surface area contributed by atoms with Crippen LogP contribution in [0.5, 0.6) is 0 Å². The maximum atomic E-state index is 13.4. The average molecular weight is 534 g/mol. The number of carbonyl (C=O) groups excluding carboxylic acids is 1. The molecule has 0 aliphatic heterocycles. The van der Waals surface area contributed by atoms with E-state index in [1.807, 2.05) is 6.92 Å². The molecular weight excluding hydrogens is 505 g/mol. The Kier molecular flexibility index (Phi) is 8.29. The van der Waals surface area contributed by atoms with Crippen molar-refractivity contribution in [2.45, 2.75) is 30.2 Å². The van der Waals surface area contributed by atoms with E-state index < -0.39 is 38.3 Å². The van der Waals surface area contributed by atoms with Crippen LogP contribution in [0.15, 0.2) is 76.5 Å². The van der Waals surface area contributed by atoms with Gasteiger partial charge in [-0.2, -0.15) is 4.31 Å². The second kappa shape index (κ2) is 10.9. The number of hydrogen-bond donors (Lipinski definition) is 1. The van der Waals surface area contributed by atoms with Gasteiger partial charge in [0.25, 0.3) is 0 Å². The van der Waals surface area contributed by atoms with Gasteiger partial charge in [0.1, 0.15) is 5.82 Å². The number of sulfonamides is 2. The van der Waals surface area contributed by atoms with Gasteiger partial charge in [-0.25, -0.2) is 25.5 Å². The van der Waals surface area contributed by atoms with Crippen LogP contribution in [-0.4, -0.2) is 52.0 Å². The molecule has 0 radical (unpaired) electrons. The van der Waals surface area contributed by atoms with E-state index in [0.717, 1.165) is 14.2 Å². The van der Waals surface area contributed by atoms with Crippen LogP contribution in [0.25, 0.3) is 0 Å². The lowest BCUT2D eigenvalue weighted by Crippen LogP contribution is -2.37. The van der Waals surface area contributed by atoms with Gasteiger partial charge in [-0.15, -0.1) is 0 Å². The molecule has 192 valence electrons. The number of carbonyl (C=O) groups is 1. The van der Waals surface area contributed by atoms with E-state index in [1.165, 1.54) is 62.6 Å². The first-order valence-corrected chi connectivity index (χ1v) is 13.8. The van der Waals surface area contributed by atoms with Crippen LogP contribution >= 0.6 is 0 Å². The third kappa shape index (κ3) is 6.35. The lowest BCUT2D eigenvalue weighted by atomic mass is 10.2. The van der Waals surface area contributed by atoms with Crippen molar-refractivity contribution in [2.75, 3.05) is 26.0 Å². The predicted molar refractivity (Wildman–Crippen MR) is 136 cm³/mol. The molecule has 11 heteroatoms. The zero-order chi connectivity index (χ0) is 26.7. The zero-order valence-corrected chi connectivity index (χ0v) is 22.0. The normalized spacial score (nSPS) is 12.2. The molecule has 0 aliphatic rings. The highest BCUT2D eigenvalue weighted by molar-refractivity contribution is 7.89. The Morgan fingerprint density at radius 1 is 0.833 bits per heavy atom. The van der Waals surface area contributed by atoms with Gasteiger partial charge < -0.3 is 5.32 Å². The molecule has 0 bridgehead atoms. The van der Waals surface area contributed by atoms with Crippen LogP contribution in [0.4, 0.5) is 10.1 Å². The number of hydrogen-bond acceptors (Lipinski definition) is 5. The van der Waals surface area contributed by atoms with E-state index in [-0.39, 0.29) is 22.0 Å². The molecule has 0 atom stereocenters. The van der Waals surface area contributed by atoms with Crippen LogP contribution in [0.3, 0.4) is 0 Å². The predicted octanol–water partition coefficient (Wildman–Crippen LogP) is 3.52. The van der Waals surface area contributed by atoms with Crippen molar-refractivity contribution < 1.29 is 26.0 Å². The van der Waals surface area contributed by atoms with Gasteiger partial charge in [-0.05, 0) is 61.4 Å². The van der Waals surface area contributed by atoms with Crippen molar-refractivity contribution in [3.8, 4) is 0 Å². The van der Waals surface area contributed by atoms with Gasteiger partial charge in [0.15, 0.2) is 0 Å². The maximum Gasteiger partial charge on any atom is 0.243 e. The number of amides is 1. The van der Waals surface area contributed by atoms with Crippen LogP contribution in [0.2, 0.25) is 0 Å². The zero-order valence-electron chi connectivity index (χ0n) is 20.4. The molecule has 3 rings (SSSR count). The first-order valence-electron chi connectivity index (χ1n) is 10.9. The largest absolute Gasteiger partial charge is 0.325 e. The summed E-state index contributed by atoms with van der Waals surface area (Å²) < 4.78 is 67.3. The Bertz CT molecular complexity index is 1450. The van der Waals surface area contributed by atoms with Gasteiger partial charge in [-0.3, -0.25) is 4.79 Å². The number of nitrogens with zero attached hydrogens (tertiary/aromatic N) is 2. The Hall–Kier alpha value is -3.12. The summed E-state index contributed by atoms with van der Waals surface area (Å²) in [6.45, 7) is 2.81. The smallest absolute Gasteiger partial charge is 0.243 e. The van der Waals surface area contributed by atoms with Gasteiger partial charge in [0, 0.05) is 26.3 Å². The van der Waals surface area contributed by atoms with Gasteiger partial charge >= 0.3 is 0 Å². The lowest BCUT2D eigenvalue weighted by molar-refractivity contribution is -0.116. The fourth-order valence-electron chi connectivity index (χ4n) is 3.34. The summed E-state index contributed by atoms with van der Waals surface area (Å²) >= 11 is 0. The lowest BCUT2D eigenvalue weighted by Gasteiger charge is -2.22. The van der Waals surface area contributed by atoms with Gasteiger partial charge in [0.05, 0.1) is 16.3 Å². The molecule has 0 spiro atoms. The highest BCUT2D eigenvalue weighted by Gasteiger charge is 2.27. The fourth-order valence-corrected chi connectivity index (χ4v) is 5.65. The van der Waals surface area contributed by atoms with E-state index in [1.54, 1.807) is 25.1 Å². The van der Waals surface area contributed by atoms with Crippen molar-refractivity contribution in [3.05, 3.63) is 89.2 Å². The van der Waals surface area contributed by atoms with E-state index in [4.69, 9.17) is 0 Å². The second-order valence-corrected chi connectivity index (χ2v) is 12.6. The first kappa shape index (κ1) is 27.5. The van der Waals surface area contributed by atoms with Crippen molar-refractivity contribution >= 4 is 31.6 Å². The Morgan fingerprint density at radius 2 is 1.42 bits per heavy atom. The number of anilines is 1. The van der Waals surface area contributed by atoms with Crippen LogP contribution in [0.1, 0.15) is 16.7 Å². The molecule has 0 aliphatic carbocycles. The Labute approximate surface area is 211 Å². The van der Waals surface area contributed by atoms with Crippen LogP contribution < -0.4 is 5.32 Å². The molecule has 8 nitrogen and oxygen atoms in total. The second-order valence-electron chi connectivity index (χ2n) is 8.52. The highest BCUT2D eigenvalue weighted by atomic mass is 32.2. The van der Waals surface area contributed by atoms with E-state index >= 15 is 0 Å². The first-order chi connectivity index (χ1) is 16.8. The maximum absolute atomic E-state index is 13.4. The number of rotatable bonds is 9. The molecule has 0 saturated heterocycles. The number of nitrogens with one attached hydrogen (secondary N) is 1. The molecular formula is C25H28FN3O5S2. The molecule has 1 N–H and O–H groups in total. The summed E-state index contributed by atoms with van der Waals surface area (Å²) in [6.07, 6.45) is 0. The third-order valence-corrected chi connectivity index (χ3v) is 9.13. The fraction of sp³-hybridized carbons (Fsp3) is 0.240. The molecule has 0 aromatic heterocycles. The average Bonchev–Trinajstić information content (AvgIpc) is 2.81. The van der Waals surface area contributed by atoms with Crippen LogP contribution in [-0.2, 0) is 31.4 Å². The molecule has 3 aromatic rings. The number of benzene rings is 3. The summed E-state index contributed by atoms with van der Waals surface area (Å²) in [4.78, 5) is 13.0. The van der Waals surface area contributed by atoms with E-state index in [0.29, 0.717) is 11.1 Å². The van der Waals surface area contributed by atoms with Crippen molar-refractivity contribution in [1.82, 2.24) is 8.61 Å². The summed E-state index contributed by atoms with van der Waals surface area (Å²) in [5.74, 6) is -1.12. The van der Waals surface area contributed by atoms with Crippen LogP contribution in [0, 0.1) is 19.7 Å². The minimum atomic E-state index is -4.09. The minimum Gasteiger partial charge on any atom is -0.325 e. The molecule has 0 saturated carbocycles. The topological polar surface area (TPSA) is 104 Å². The van der Waals surface area contributed by atoms with E-state index in [9.17, 15) is 26.0 Å². The molecule has 0 fully saturated rings. The molecule has 3 aromatic carbocycles. The highest BCUT2D eigenvalue weighted by Crippen LogP contribution is 2.23. The minimum absolute atomic E-state index is 0.0103. The molecule has 1 amide bonds. The molecule has 0 heterocycles. The summed E-state index contributed by atoms with van der Waals surface area (Å²) in [7, 11) is -5.03. The molecule has 36 heavy (non-hydrogen) atoms. The van der Waals surface area contributed by atoms with Gasteiger partial charge in [0.2, 0.25) is 26.0 Å². The number of halogens is 1. The summed E-state index contributed by atoms with van der Waals surface area (Å²) in [6, 6.07) is 15.9. The number of aryl methyl sites for hydroxylation is 2. The quantitative estimate of drug-likeness (QED) is 0.453. The van der Waals surface area contributed by atoms with Gasteiger partial charge in [-0.1, -0.05) is 35.9 Å². The van der Waals surface area contributed by atoms with E-state index in [2.05, 4.69) is 5.32 Å². The summed E-state index contributed by atoms with van der Waals surface area (Å²) in [5.41, 5.74) is 2.22. The summed E-state index contributed by atoms with van der Waals surface area (Å²) in [5, 5.41) is 2.63. The third-order valence-electron chi connectivity index (χ3n) is 5.51. The standard InChI is InChI=1S/C25H28FN3O5S2/c1-18-5-12-22(13-6-18)36(33,34)29(16-20-8-10-21(26)11-9-20)17-25(30)27-24-15-23(14-7-19(24)2)35(31,32)28(3)4/h5-15H,16-17H2,1-4H3,(H,27,30). The van der Waals surface area contributed by atoms with Crippen molar-refractivity contribution in [1.29, 1.82) is 0 Å². The Morgan fingerprint density at radius 3 is 2.00 bits per heavy atom. The molecule has 0 unspecified atom stereocenters. The van der Waals surface area contributed by atoms with Crippen molar-refractivity contribution in [2.24, 2.45) is 0 Å². The Balaban J connectivity index is 1.92.